The molecule has 0 aliphatic carbocycles. The molecular formula is C20H43ClIN. The molecule has 0 bridgehead atoms. The lowest BCUT2D eigenvalue weighted by Crippen LogP contribution is -3.00. The van der Waals surface area contributed by atoms with Crippen molar-refractivity contribution in [1.29, 1.82) is 0 Å². The zero-order valence-corrected chi connectivity index (χ0v) is 19.1. The average Bonchev–Trinajstić information content (AvgIpc) is 2.53. The fourth-order valence-electron chi connectivity index (χ4n) is 3.13. The molecule has 0 saturated heterocycles. The summed E-state index contributed by atoms with van der Waals surface area (Å²) in [5.41, 5.74) is 0. The second-order valence-electron chi connectivity index (χ2n) is 7.43. The van der Waals surface area contributed by atoms with Crippen molar-refractivity contribution in [3.8, 4) is 0 Å². The van der Waals surface area contributed by atoms with Crippen molar-refractivity contribution in [2.75, 3.05) is 26.1 Å². The van der Waals surface area contributed by atoms with Crippen molar-refractivity contribution >= 4 is 11.6 Å². The zero-order valence-electron chi connectivity index (χ0n) is 16.2. The summed E-state index contributed by atoms with van der Waals surface area (Å²) in [6.45, 7) is 7.11. The molecule has 0 aliphatic heterocycles. The van der Waals surface area contributed by atoms with E-state index in [2.05, 4.69) is 20.9 Å². The van der Waals surface area contributed by atoms with Crippen molar-refractivity contribution in [3.05, 3.63) is 0 Å². The molecule has 0 aromatic carbocycles. The standard InChI is InChI=1S/C20H43ClN.HI/c1-4-6-8-10-12-14-16-18-22(3,20-21)19-17-15-13-11-9-7-5-2;/h4-20H2,1-3H3;1H/q+1;/p-1. The number of nitrogens with zero attached hydrogens (tertiary/aromatic N) is 1. The van der Waals surface area contributed by atoms with Gasteiger partial charge in [0.1, 0.15) is 0 Å². The Bertz CT molecular complexity index is 206. The minimum absolute atomic E-state index is 0. The monoisotopic (exact) mass is 459 g/mol. The highest BCUT2D eigenvalue weighted by Gasteiger charge is 2.18. The highest BCUT2D eigenvalue weighted by atomic mass is 127. The van der Waals surface area contributed by atoms with E-state index in [4.69, 9.17) is 11.6 Å². The third-order valence-electron chi connectivity index (χ3n) is 4.89. The Morgan fingerprint density at radius 3 is 1.17 bits per heavy atom. The van der Waals surface area contributed by atoms with Gasteiger partial charge in [-0.3, -0.25) is 0 Å². The first-order valence-corrected chi connectivity index (χ1v) is 10.6. The van der Waals surface area contributed by atoms with E-state index in [1.807, 2.05) is 0 Å². The largest absolute Gasteiger partial charge is 1.00 e. The van der Waals surface area contributed by atoms with E-state index in [0.29, 0.717) is 0 Å². The van der Waals surface area contributed by atoms with Crippen LogP contribution in [0.25, 0.3) is 0 Å². The third-order valence-corrected chi connectivity index (χ3v) is 5.47. The SMILES string of the molecule is CCCCCCCCC[N+](C)(CCl)CCCCCCCCC.[I-]. The quantitative estimate of drug-likeness (QED) is 0.101. The van der Waals surface area contributed by atoms with E-state index in [-0.39, 0.29) is 24.0 Å². The summed E-state index contributed by atoms with van der Waals surface area (Å²) in [5.74, 6) is 0. The Hall–Kier alpha value is 0.980. The first kappa shape index (κ1) is 26.2. The Morgan fingerprint density at radius 2 is 0.870 bits per heavy atom. The van der Waals surface area contributed by atoms with Crippen LogP contribution in [0.15, 0.2) is 0 Å². The van der Waals surface area contributed by atoms with Crippen LogP contribution in [-0.2, 0) is 0 Å². The molecule has 0 amide bonds. The van der Waals surface area contributed by atoms with Gasteiger partial charge in [0.05, 0.1) is 20.1 Å². The molecule has 0 saturated carbocycles. The summed E-state index contributed by atoms with van der Waals surface area (Å²) in [4.78, 5) is 0. The van der Waals surface area contributed by atoms with Crippen molar-refractivity contribution < 1.29 is 28.5 Å². The highest BCUT2D eigenvalue weighted by Crippen LogP contribution is 2.14. The van der Waals surface area contributed by atoms with Crippen molar-refractivity contribution in [2.24, 2.45) is 0 Å². The molecule has 0 atom stereocenters. The van der Waals surface area contributed by atoms with Gasteiger partial charge in [0.25, 0.3) is 0 Å². The van der Waals surface area contributed by atoms with E-state index in [1.165, 1.54) is 103 Å². The van der Waals surface area contributed by atoms with Crippen LogP contribution in [0.3, 0.4) is 0 Å². The van der Waals surface area contributed by atoms with Gasteiger partial charge in [-0.1, -0.05) is 89.7 Å². The molecule has 0 radical (unpaired) electrons. The van der Waals surface area contributed by atoms with Gasteiger partial charge in [-0.05, 0) is 25.7 Å². The molecule has 3 heteroatoms. The molecular weight excluding hydrogens is 417 g/mol. The predicted octanol–water partition coefficient (Wildman–Crippen LogP) is 4.13. The summed E-state index contributed by atoms with van der Waals surface area (Å²) in [6.07, 6.45) is 19.5. The van der Waals surface area contributed by atoms with Crippen molar-refractivity contribution in [1.82, 2.24) is 0 Å². The molecule has 142 valence electrons. The molecule has 0 aliphatic rings. The molecule has 1 nitrogen and oxygen atoms in total. The minimum Gasteiger partial charge on any atom is -1.00 e. The average molecular weight is 460 g/mol. The molecule has 0 fully saturated rings. The minimum atomic E-state index is 0. The number of hydrogen-bond donors (Lipinski definition) is 0. The van der Waals surface area contributed by atoms with Gasteiger partial charge >= 0.3 is 0 Å². The predicted molar refractivity (Wildman–Crippen MR) is 103 cm³/mol. The molecule has 0 aromatic rings. The Morgan fingerprint density at radius 1 is 0.565 bits per heavy atom. The van der Waals surface area contributed by atoms with Gasteiger partial charge < -0.3 is 28.5 Å². The van der Waals surface area contributed by atoms with Crippen LogP contribution in [-0.4, -0.2) is 30.6 Å². The number of hydrogen-bond acceptors (Lipinski definition) is 0. The lowest BCUT2D eigenvalue weighted by molar-refractivity contribution is -0.899. The van der Waals surface area contributed by atoms with E-state index in [0.717, 1.165) is 10.5 Å². The first-order valence-electron chi connectivity index (χ1n) is 10.1. The lowest BCUT2D eigenvalue weighted by atomic mass is 10.1. The van der Waals surface area contributed by atoms with E-state index < -0.39 is 0 Å². The summed E-state index contributed by atoms with van der Waals surface area (Å²) in [5, 5.41) is 0. The fraction of sp³-hybridized carbons (Fsp3) is 1.00. The van der Waals surface area contributed by atoms with E-state index >= 15 is 0 Å². The van der Waals surface area contributed by atoms with Crippen molar-refractivity contribution in [2.45, 2.75) is 104 Å². The molecule has 23 heavy (non-hydrogen) atoms. The van der Waals surface area contributed by atoms with Gasteiger partial charge in [-0.2, -0.15) is 0 Å². The van der Waals surface area contributed by atoms with Crippen LogP contribution in [0.5, 0.6) is 0 Å². The van der Waals surface area contributed by atoms with Crippen LogP contribution >= 0.6 is 11.6 Å². The first-order chi connectivity index (χ1) is 10.7. The Kier molecular flexibility index (Phi) is 22.0. The lowest BCUT2D eigenvalue weighted by Gasteiger charge is -2.32. The molecule has 0 spiro atoms. The molecule has 0 aromatic heterocycles. The third kappa shape index (κ3) is 17.6. The Balaban J connectivity index is 0. The fourth-order valence-corrected chi connectivity index (χ4v) is 3.37. The van der Waals surface area contributed by atoms with Crippen LogP contribution in [0.4, 0.5) is 0 Å². The maximum absolute atomic E-state index is 6.24. The number of quaternary nitrogens is 1. The number of rotatable bonds is 17. The maximum atomic E-state index is 6.24. The summed E-state index contributed by atoms with van der Waals surface area (Å²) < 4.78 is 1.07. The van der Waals surface area contributed by atoms with Crippen LogP contribution in [0.1, 0.15) is 104 Å². The van der Waals surface area contributed by atoms with Crippen molar-refractivity contribution in [3.63, 3.8) is 0 Å². The summed E-state index contributed by atoms with van der Waals surface area (Å²) in [6, 6.07) is 0.783. The summed E-state index contributed by atoms with van der Waals surface area (Å²) in [7, 11) is 2.35. The van der Waals surface area contributed by atoms with Gasteiger partial charge in [0.2, 0.25) is 0 Å². The Labute approximate surface area is 169 Å². The smallest absolute Gasteiger partial charge is 0.154 e. The second-order valence-corrected chi connectivity index (χ2v) is 7.67. The van der Waals surface area contributed by atoms with Gasteiger partial charge in [-0.25, -0.2) is 0 Å². The molecule has 0 heterocycles. The second kappa shape index (κ2) is 19.3. The van der Waals surface area contributed by atoms with Gasteiger partial charge in [-0.15, -0.1) is 0 Å². The highest BCUT2D eigenvalue weighted by molar-refractivity contribution is 6.16. The number of alkyl halides is 1. The molecule has 0 unspecified atom stereocenters. The van der Waals surface area contributed by atoms with Crippen LogP contribution < -0.4 is 24.0 Å². The number of halogens is 2. The number of unbranched alkanes of at least 4 members (excludes halogenated alkanes) is 12. The zero-order chi connectivity index (χ0) is 16.5. The van der Waals surface area contributed by atoms with Gasteiger partial charge in [0.15, 0.2) is 6.00 Å². The van der Waals surface area contributed by atoms with E-state index in [9.17, 15) is 0 Å². The maximum Gasteiger partial charge on any atom is 0.154 e. The van der Waals surface area contributed by atoms with Crippen LogP contribution in [0, 0.1) is 0 Å². The molecule has 0 N–H and O–H groups in total. The molecule has 0 rings (SSSR count). The van der Waals surface area contributed by atoms with E-state index in [1.54, 1.807) is 0 Å². The van der Waals surface area contributed by atoms with Crippen LogP contribution in [0.2, 0.25) is 0 Å². The topological polar surface area (TPSA) is 0 Å². The normalized spacial score (nSPS) is 11.5. The van der Waals surface area contributed by atoms with Gasteiger partial charge in [0, 0.05) is 0 Å². The summed E-state index contributed by atoms with van der Waals surface area (Å²) >= 11 is 6.24.